The number of benzene rings is 2. The smallest absolute Gasteiger partial charge is 0.205 e. The van der Waals surface area contributed by atoms with Crippen molar-refractivity contribution in [3.8, 4) is 5.75 Å². The average Bonchev–Trinajstić information content (AvgIpc) is 2.78. The second-order valence-electron chi connectivity index (χ2n) is 4.94. The monoisotopic (exact) mass is 406 g/mol. The third kappa shape index (κ3) is 1.54. The van der Waals surface area contributed by atoms with Crippen molar-refractivity contribution in [1.82, 2.24) is 9.61 Å². The number of hydrogen-bond donors (Lipinski definition) is 1. The number of aryl methyl sites for hydroxylation is 1. The van der Waals surface area contributed by atoms with Gasteiger partial charge in [-0.25, -0.2) is 4.52 Å². The molecule has 0 spiro atoms. The zero-order valence-corrected chi connectivity index (χ0v) is 14.0. The Kier molecular flexibility index (Phi) is 2.59. The molecule has 2 aromatic heterocycles. The van der Waals surface area contributed by atoms with E-state index in [1.54, 1.807) is 16.6 Å². The molecule has 0 radical (unpaired) electrons. The van der Waals surface area contributed by atoms with Crippen LogP contribution in [0.4, 0.5) is 0 Å². The normalized spacial score (nSPS) is 12.0. The first kappa shape index (κ1) is 13.0. The van der Waals surface area contributed by atoms with Gasteiger partial charge in [-0.05, 0) is 63.0 Å². The van der Waals surface area contributed by atoms with Crippen molar-refractivity contribution < 1.29 is 5.11 Å². The maximum absolute atomic E-state index is 12.4. The Morgan fingerprint density at radius 3 is 2.57 bits per heavy atom. The summed E-state index contributed by atoms with van der Waals surface area (Å²) in [5.41, 5.74) is 2.03. The molecular formula is C15H8Br2N2O2. The van der Waals surface area contributed by atoms with Gasteiger partial charge >= 0.3 is 0 Å². The predicted octanol–water partition coefficient (Wildman–Crippen LogP) is 3.98. The van der Waals surface area contributed by atoms with E-state index in [0.717, 1.165) is 21.1 Å². The molecule has 0 atom stereocenters. The molecule has 2 heterocycles. The highest BCUT2D eigenvalue weighted by molar-refractivity contribution is 9.11. The van der Waals surface area contributed by atoms with Gasteiger partial charge in [0.2, 0.25) is 5.43 Å². The Morgan fingerprint density at radius 1 is 1.10 bits per heavy atom. The molecule has 1 N–H and O–H groups in total. The minimum Gasteiger partial charge on any atom is -0.506 e. The van der Waals surface area contributed by atoms with E-state index in [-0.39, 0.29) is 16.6 Å². The zero-order chi connectivity index (χ0) is 14.9. The van der Waals surface area contributed by atoms with Gasteiger partial charge in [-0.15, -0.1) is 0 Å². The summed E-state index contributed by atoms with van der Waals surface area (Å²) in [6, 6.07) is 7.28. The van der Waals surface area contributed by atoms with E-state index in [2.05, 4.69) is 37.0 Å². The van der Waals surface area contributed by atoms with Crippen molar-refractivity contribution in [3.63, 3.8) is 0 Å². The molecule has 4 aromatic rings. The fourth-order valence-corrected chi connectivity index (χ4v) is 3.65. The predicted molar refractivity (Wildman–Crippen MR) is 89.5 cm³/mol. The molecule has 0 bridgehead atoms. The molecule has 4 nitrogen and oxygen atoms in total. The Labute approximate surface area is 135 Å². The van der Waals surface area contributed by atoms with E-state index in [0.29, 0.717) is 15.4 Å². The molecule has 0 unspecified atom stereocenters. The Morgan fingerprint density at radius 2 is 1.81 bits per heavy atom. The third-order valence-electron chi connectivity index (χ3n) is 3.77. The van der Waals surface area contributed by atoms with Gasteiger partial charge in [-0.2, -0.15) is 5.10 Å². The van der Waals surface area contributed by atoms with Gasteiger partial charge in [0.15, 0.2) is 0 Å². The van der Waals surface area contributed by atoms with Crippen LogP contribution in [0.5, 0.6) is 5.75 Å². The van der Waals surface area contributed by atoms with Gasteiger partial charge in [0.25, 0.3) is 0 Å². The summed E-state index contributed by atoms with van der Waals surface area (Å²) in [5, 5.41) is 17.0. The Hall–Kier alpha value is -1.66. The number of nitrogens with zero attached hydrogens (tertiary/aromatic N) is 2. The molecular weight excluding hydrogens is 400 g/mol. The summed E-state index contributed by atoms with van der Waals surface area (Å²) in [7, 11) is 0. The Bertz CT molecular complexity index is 1100. The first-order valence-electron chi connectivity index (χ1n) is 6.25. The highest BCUT2D eigenvalue weighted by atomic mass is 79.9. The number of fused-ring (bicyclic) bond motifs is 2. The summed E-state index contributed by atoms with van der Waals surface area (Å²) in [4.78, 5) is 12.4. The van der Waals surface area contributed by atoms with E-state index < -0.39 is 0 Å². The summed E-state index contributed by atoms with van der Waals surface area (Å²) >= 11 is 6.68. The molecule has 21 heavy (non-hydrogen) atoms. The van der Waals surface area contributed by atoms with Crippen LogP contribution in [0.25, 0.3) is 27.2 Å². The lowest BCUT2D eigenvalue weighted by atomic mass is 10.1. The van der Waals surface area contributed by atoms with Crippen molar-refractivity contribution in [1.29, 1.82) is 0 Å². The molecule has 0 aliphatic rings. The minimum absolute atomic E-state index is 0.0128. The molecule has 4 rings (SSSR count). The van der Waals surface area contributed by atoms with Gasteiger partial charge in [-0.1, -0.05) is 0 Å². The van der Waals surface area contributed by atoms with Crippen LogP contribution < -0.4 is 5.43 Å². The van der Waals surface area contributed by atoms with E-state index >= 15 is 0 Å². The second-order valence-corrected chi connectivity index (χ2v) is 6.64. The van der Waals surface area contributed by atoms with Crippen LogP contribution >= 0.6 is 31.9 Å². The van der Waals surface area contributed by atoms with E-state index in [9.17, 15) is 9.90 Å². The minimum atomic E-state index is -0.243. The lowest BCUT2D eigenvalue weighted by Crippen LogP contribution is -2.05. The van der Waals surface area contributed by atoms with Crippen LogP contribution in [-0.2, 0) is 0 Å². The summed E-state index contributed by atoms with van der Waals surface area (Å²) in [5.74, 6) is -0.0128. The lowest BCUT2D eigenvalue weighted by molar-refractivity contribution is 0.487. The molecule has 0 saturated heterocycles. The van der Waals surface area contributed by atoms with Crippen LogP contribution in [0.1, 0.15) is 5.69 Å². The van der Waals surface area contributed by atoms with Crippen LogP contribution in [0.3, 0.4) is 0 Å². The molecule has 0 amide bonds. The second kappa shape index (κ2) is 4.18. The molecule has 0 fully saturated rings. The van der Waals surface area contributed by atoms with E-state index in [1.165, 1.54) is 0 Å². The zero-order valence-electron chi connectivity index (χ0n) is 10.8. The molecule has 2 aromatic carbocycles. The van der Waals surface area contributed by atoms with Crippen LogP contribution in [0, 0.1) is 6.92 Å². The quantitative estimate of drug-likeness (QED) is 0.448. The maximum Gasteiger partial charge on any atom is 0.205 e. The molecule has 0 aliphatic carbocycles. The lowest BCUT2D eigenvalue weighted by Gasteiger charge is -2.09. The fourth-order valence-electron chi connectivity index (χ4n) is 2.81. The van der Waals surface area contributed by atoms with Gasteiger partial charge < -0.3 is 5.11 Å². The van der Waals surface area contributed by atoms with Crippen molar-refractivity contribution in [3.05, 3.63) is 49.1 Å². The number of aromatic hydroxyl groups is 1. The number of hydrogen-bond acceptors (Lipinski definition) is 3. The third-order valence-corrected chi connectivity index (χ3v) is 5.05. The topological polar surface area (TPSA) is 54.6 Å². The van der Waals surface area contributed by atoms with Crippen LogP contribution in [0.2, 0.25) is 0 Å². The standard InChI is InChI=1S/C15H8Br2N2O2/c1-6-7-2-3-8(16)11-13(7)19(18-6)10-5-4-9(17)14(20)12(10)15(11)21/h2-5,21H,1H3. The van der Waals surface area contributed by atoms with Gasteiger partial charge in [0.1, 0.15) is 5.75 Å². The van der Waals surface area contributed by atoms with Crippen LogP contribution in [-0.4, -0.2) is 14.7 Å². The molecule has 0 aliphatic heterocycles. The number of pyridine rings is 1. The van der Waals surface area contributed by atoms with Crippen LogP contribution in [0.15, 0.2) is 38.0 Å². The number of aromatic nitrogens is 2. The van der Waals surface area contributed by atoms with E-state index in [4.69, 9.17) is 0 Å². The van der Waals surface area contributed by atoms with Crippen molar-refractivity contribution in [2.24, 2.45) is 0 Å². The number of halogens is 2. The highest BCUT2D eigenvalue weighted by Gasteiger charge is 2.20. The first-order valence-corrected chi connectivity index (χ1v) is 7.83. The molecule has 0 saturated carbocycles. The fraction of sp³-hybridized carbons (Fsp3) is 0.0667. The summed E-state index contributed by atoms with van der Waals surface area (Å²) in [6.45, 7) is 1.91. The average molecular weight is 408 g/mol. The molecule has 104 valence electrons. The SMILES string of the molecule is Cc1nn2c3ccc(Br)c(=O)c3c(O)c3c(Br)ccc1c32. The molecule has 6 heteroatoms. The summed E-state index contributed by atoms with van der Waals surface area (Å²) in [6.07, 6.45) is 0. The van der Waals surface area contributed by atoms with Crippen molar-refractivity contribution in [2.75, 3.05) is 0 Å². The highest BCUT2D eigenvalue weighted by Crippen LogP contribution is 2.40. The van der Waals surface area contributed by atoms with Gasteiger partial charge in [0, 0.05) is 9.86 Å². The van der Waals surface area contributed by atoms with Crippen molar-refractivity contribution >= 4 is 59.1 Å². The summed E-state index contributed by atoms with van der Waals surface area (Å²) < 4.78 is 2.88. The van der Waals surface area contributed by atoms with Gasteiger partial charge in [0.05, 0.1) is 32.0 Å². The maximum atomic E-state index is 12.4. The van der Waals surface area contributed by atoms with E-state index in [1.807, 2.05) is 19.1 Å². The first-order chi connectivity index (χ1) is 10.0. The number of rotatable bonds is 0. The van der Waals surface area contributed by atoms with Crippen molar-refractivity contribution in [2.45, 2.75) is 6.92 Å². The largest absolute Gasteiger partial charge is 0.506 e. The van der Waals surface area contributed by atoms with Gasteiger partial charge in [-0.3, -0.25) is 4.79 Å². The Balaban J connectivity index is 2.50.